The van der Waals surface area contributed by atoms with Gasteiger partial charge in [-0.15, -0.1) is 0 Å². The van der Waals surface area contributed by atoms with Gasteiger partial charge in [0, 0.05) is 5.02 Å². The van der Waals surface area contributed by atoms with E-state index >= 15 is 0 Å². The lowest BCUT2D eigenvalue weighted by Crippen LogP contribution is -2.48. The van der Waals surface area contributed by atoms with E-state index in [0.29, 0.717) is 0 Å². The Kier molecular flexibility index (Phi) is 8.59. The van der Waals surface area contributed by atoms with E-state index in [2.05, 4.69) is 22.2 Å². The second-order valence-electron chi connectivity index (χ2n) is 8.68. The fourth-order valence-corrected chi connectivity index (χ4v) is 5.62. The summed E-state index contributed by atoms with van der Waals surface area (Å²) in [5.74, 6) is -0.288. The number of carbonyl (C=O) groups is 1. The molecule has 0 aromatic heterocycles. The number of halogens is 1. The largest absolute Gasteiger partial charge is 0.495 e. The molecular formula is C27H31ClN2O4S. The third-order valence-corrected chi connectivity index (χ3v) is 7.75. The summed E-state index contributed by atoms with van der Waals surface area (Å²) >= 11 is 6.06. The van der Waals surface area contributed by atoms with E-state index in [1.807, 2.05) is 58.0 Å². The number of nitrogens with one attached hydrogen (secondary N) is 2. The summed E-state index contributed by atoms with van der Waals surface area (Å²) in [6.07, 6.45) is 0.174. The molecule has 0 fully saturated rings. The lowest BCUT2D eigenvalue weighted by atomic mass is 9.96. The van der Waals surface area contributed by atoms with E-state index < -0.39 is 22.0 Å². The van der Waals surface area contributed by atoms with Crippen molar-refractivity contribution in [3.63, 3.8) is 0 Å². The number of hydrogen-bond donors (Lipinski definition) is 2. The minimum absolute atomic E-state index is 0.128. The van der Waals surface area contributed by atoms with Crippen molar-refractivity contribution >= 4 is 27.5 Å². The van der Waals surface area contributed by atoms with Gasteiger partial charge in [0.1, 0.15) is 16.7 Å². The number of amides is 1. The van der Waals surface area contributed by atoms with Crippen molar-refractivity contribution in [2.45, 2.75) is 51.1 Å². The van der Waals surface area contributed by atoms with Crippen LogP contribution in [0.2, 0.25) is 5.02 Å². The number of aryl methyl sites for hydroxylation is 3. The van der Waals surface area contributed by atoms with Crippen molar-refractivity contribution in [1.82, 2.24) is 10.0 Å². The molecule has 0 aliphatic rings. The number of benzene rings is 3. The summed E-state index contributed by atoms with van der Waals surface area (Å²) in [6.45, 7) is 7.96. The highest BCUT2D eigenvalue weighted by molar-refractivity contribution is 7.89. The number of carbonyl (C=O) groups excluding carboxylic acids is 1. The minimum Gasteiger partial charge on any atom is -0.495 e. The van der Waals surface area contributed by atoms with Crippen LogP contribution in [0.15, 0.2) is 65.6 Å². The van der Waals surface area contributed by atoms with Gasteiger partial charge in [0.15, 0.2) is 0 Å². The first-order chi connectivity index (χ1) is 16.5. The molecule has 1 amide bonds. The maximum atomic E-state index is 13.4. The SMILES string of the molecule is COc1ccc(Cl)cc1S(=O)(=O)N[C@@H](Cc1ccccc1)C(=O)N[C@@H](C)c1cc(C)c(C)cc1C. The summed E-state index contributed by atoms with van der Waals surface area (Å²) in [7, 11) is -2.75. The molecule has 6 nitrogen and oxygen atoms in total. The van der Waals surface area contributed by atoms with Crippen molar-refractivity contribution in [3.05, 3.63) is 93.5 Å². The second-order valence-corrected chi connectivity index (χ2v) is 10.8. The highest BCUT2D eigenvalue weighted by Gasteiger charge is 2.29. The van der Waals surface area contributed by atoms with Gasteiger partial charge in [0.05, 0.1) is 13.2 Å². The summed E-state index contributed by atoms with van der Waals surface area (Å²) in [4.78, 5) is 13.3. The van der Waals surface area contributed by atoms with E-state index in [1.165, 1.54) is 24.8 Å². The second kappa shape index (κ2) is 11.2. The molecular weight excluding hydrogens is 484 g/mol. The van der Waals surface area contributed by atoms with Crippen LogP contribution in [-0.4, -0.2) is 27.5 Å². The summed E-state index contributed by atoms with van der Waals surface area (Å²) < 4.78 is 34.5. The number of rotatable bonds is 9. The molecule has 186 valence electrons. The average molecular weight is 515 g/mol. The van der Waals surface area contributed by atoms with E-state index in [-0.39, 0.29) is 28.1 Å². The highest BCUT2D eigenvalue weighted by Crippen LogP contribution is 2.27. The zero-order valence-electron chi connectivity index (χ0n) is 20.6. The molecule has 0 radical (unpaired) electrons. The summed E-state index contributed by atoms with van der Waals surface area (Å²) in [5.41, 5.74) is 5.17. The predicted molar refractivity (Wildman–Crippen MR) is 139 cm³/mol. The van der Waals surface area contributed by atoms with Crippen LogP contribution in [0.5, 0.6) is 5.75 Å². The van der Waals surface area contributed by atoms with Crippen LogP contribution in [0.3, 0.4) is 0 Å². The standard InChI is InChI=1S/C27H31ClN2O4S/c1-17-13-19(3)23(14-18(17)2)20(4)29-27(31)24(15-21-9-7-6-8-10-21)30-35(32,33)26-16-22(28)11-12-25(26)34-5/h6-14,16,20,24,30H,15H2,1-5H3,(H,29,31)/t20-,24-/m0/s1. The van der Waals surface area contributed by atoms with Crippen LogP contribution < -0.4 is 14.8 Å². The maximum Gasteiger partial charge on any atom is 0.245 e. The highest BCUT2D eigenvalue weighted by atomic mass is 35.5. The fraction of sp³-hybridized carbons (Fsp3) is 0.296. The Balaban J connectivity index is 1.92. The number of methoxy groups -OCH3 is 1. The van der Waals surface area contributed by atoms with Crippen LogP contribution in [0.25, 0.3) is 0 Å². The zero-order chi connectivity index (χ0) is 25.8. The number of sulfonamides is 1. The van der Waals surface area contributed by atoms with Crippen LogP contribution in [-0.2, 0) is 21.2 Å². The van der Waals surface area contributed by atoms with Gasteiger partial charge in [0.2, 0.25) is 15.9 Å². The van der Waals surface area contributed by atoms with Crippen molar-refractivity contribution in [1.29, 1.82) is 0 Å². The molecule has 8 heteroatoms. The Morgan fingerprint density at radius 2 is 1.63 bits per heavy atom. The van der Waals surface area contributed by atoms with Crippen molar-refractivity contribution in [2.75, 3.05) is 7.11 Å². The maximum absolute atomic E-state index is 13.4. The lowest BCUT2D eigenvalue weighted by Gasteiger charge is -2.23. The Labute approximate surface area is 212 Å². The van der Waals surface area contributed by atoms with E-state index in [9.17, 15) is 13.2 Å². The number of ether oxygens (including phenoxy) is 1. The Morgan fingerprint density at radius 3 is 2.29 bits per heavy atom. The third kappa shape index (κ3) is 6.63. The molecule has 3 aromatic carbocycles. The quantitative estimate of drug-likeness (QED) is 0.419. The van der Waals surface area contributed by atoms with E-state index in [0.717, 1.165) is 22.3 Å². The van der Waals surface area contributed by atoms with Gasteiger partial charge >= 0.3 is 0 Å². The lowest BCUT2D eigenvalue weighted by molar-refractivity contribution is -0.123. The Bertz CT molecular complexity index is 1310. The molecule has 0 unspecified atom stereocenters. The van der Waals surface area contributed by atoms with Crippen LogP contribution >= 0.6 is 11.6 Å². The monoisotopic (exact) mass is 514 g/mol. The van der Waals surface area contributed by atoms with Gasteiger partial charge in [-0.1, -0.05) is 54.1 Å². The molecule has 0 spiro atoms. The molecule has 0 heterocycles. The molecule has 2 atom stereocenters. The fourth-order valence-electron chi connectivity index (χ4n) is 3.99. The molecule has 3 rings (SSSR count). The van der Waals surface area contributed by atoms with Gasteiger partial charge in [-0.3, -0.25) is 4.79 Å². The molecule has 0 aliphatic heterocycles. The van der Waals surface area contributed by atoms with Gasteiger partial charge < -0.3 is 10.1 Å². The molecule has 2 N–H and O–H groups in total. The minimum atomic E-state index is -4.13. The van der Waals surface area contributed by atoms with Gasteiger partial charge in [-0.25, -0.2) is 8.42 Å². The Hall–Kier alpha value is -2.87. The molecule has 0 aliphatic carbocycles. The number of hydrogen-bond acceptors (Lipinski definition) is 4. The van der Waals surface area contributed by atoms with Gasteiger partial charge in [0.25, 0.3) is 0 Å². The Morgan fingerprint density at radius 1 is 0.971 bits per heavy atom. The molecule has 3 aromatic rings. The van der Waals surface area contributed by atoms with Gasteiger partial charge in [-0.05, 0) is 80.1 Å². The van der Waals surface area contributed by atoms with E-state index in [1.54, 1.807) is 6.07 Å². The topological polar surface area (TPSA) is 84.5 Å². The first kappa shape index (κ1) is 26.7. The van der Waals surface area contributed by atoms with Crippen LogP contribution in [0.4, 0.5) is 0 Å². The van der Waals surface area contributed by atoms with Crippen molar-refractivity contribution < 1.29 is 17.9 Å². The molecule has 35 heavy (non-hydrogen) atoms. The van der Waals surface area contributed by atoms with E-state index in [4.69, 9.17) is 16.3 Å². The predicted octanol–water partition coefficient (Wildman–Crippen LogP) is 5.04. The van der Waals surface area contributed by atoms with Gasteiger partial charge in [-0.2, -0.15) is 4.72 Å². The first-order valence-electron chi connectivity index (χ1n) is 11.3. The average Bonchev–Trinajstić information content (AvgIpc) is 2.81. The smallest absolute Gasteiger partial charge is 0.245 e. The summed E-state index contributed by atoms with van der Waals surface area (Å²) in [6, 6.07) is 16.4. The zero-order valence-corrected chi connectivity index (χ0v) is 22.1. The van der Waals surface area contributed by atoms with Crippen LogP contribution in [0.1, 0.15) is 40.8 Å². The first-order valence-corrected chi connectivity index (χ1v) is 13.2. The van der Waals surface area contributed by atoms with Crippen molar-refractivity contribution in [3.8, 4) is 5.75 Å². The molecule has 0 saturated carbocycles. The summed E-state index contributed by atoms with van der Waals surface area (Å²) in [5, 5.41) is 3.24. The van der Waals surface area contributed by atoms with Crippen LogP contribution in [0, 0.1) is 20.8 Å². The molecule has 0 bridgehead atoms. The normalized spacial score (nSPS) is 13.2. The molecule has 0 saturated heterocycles. The third-order valence-electron chi connectivity index (χ3n) is 6.02. The van der Waals surface area contributed by atoms with Crippen molar-refractivity contribution in [2.24, 2.45) is 0 Å².